The average Bonchev–Trinajstić information content (AvgIpc) is 2.83. The van der Waals surface area contributed by atoms with Crippen LogP contribution in [0.4, 0.5) is 17.2 Å². The Balaban J connectivity index is 1.33. The number of nitrogens with zero attached hydrogens (tertiary/aromatic N) is 3. The second kappa shape index (κ2) is 10.8. The number of piperidine rings is 1. The van der Waals surface area contributed by atoms with Gasteiger partial charge in [-0.3, -0.25) is 14.4 Å². The molecule has 34 heavy (non-hydrogen) atoms. The number of benzene rings is 2. The summed E-state index contributed by atoms with van der Waals surface area (Å²) < 4.78 is 1.20. The van der Waals surface area contributed by atoms with Crippen LogP contribution in [0.5, 0.6) is 0 Å². The first kappa shape index (κ1) is 23.2. The highest BCUT2D eigenvalue weighted by Crippen LogP contribution is 2.24. The van der Waals surface area contributed by atoms with Gasteiger partial charge >= 0.3 is 0 Å². The van der Waals surface area contributed by atoms with Crippen LogP contribution in [0.25, 0.3) is 0 Å². The molecule has 2 N–H and O–H groups in total. The van der Waals surface area contributed by atoms with Crippen molar-refractivity contribution in [3.05, 3.63) is 82.6 Å². The minimum absolute atomic E-state index is 0.164. The third-order valence-corrected chi connectivity index (χ3v) is 5.94. The van der Waals surface area contributed by atoms with Gasteiger partial charge in [-0.2, -0.15) is 5.10 Å². The molecule has 1 aliphatic rings. The Morgan fingerprint density at radius 3 is 2.21 bits per heavy atom. The molecule has 1 saturated heterocycles. The maximum absolute atomic E-state index is 12.5. The van der Waals surface area contributed by atoms with Crippen molar-refractivity contribution >= 4 is 29.0 Å². The lowest BCUT2D eigenvalue weighted by molar-refractivity contribution is -0.117. The first-order valence-electron chi connectivity index (χ1n) is 11.5. The van der Waals surface area contributed by atoms with Gasteiger partial charge in [0, 0.05) is 37.5 Å². The van der Waals surface area contributed by atoms with Gasteiger partial charge in [-0.1, -0.05) is 30.3 Å². The minimum Gasteiger partial charge on any atom is -0.355 e. The van der Waals surface area contributed by atoms with E-state index in [0.29, 0.717) is 23.1 Å². The van der Waals surface area contributed by atoms with E-state index in [2.05, 4.69) is 44.9 Å². The van der Waals surface area contributed by atoms with Crippen molar-refractivity contribution in [3.8, 4) is 0 Å². The summed E-state index contributed by atoms with van der Waals surface area (Å²) in [6, 6.07) is 20.5. The molecule has 0 bridgehead atoms. The summed E-state index contributed by atoms with van der Waals surface area (Å²) in [5.74, 6) is 0.834. The molecule has 0 unspecified atom stereocenters. The number of amides is 2. The SMILES string of the molecule is CC(=O)Nc1ccc(NC(=O)Cn2nc(N3CCC(Cc4ccccc4)CC3)ccc2=O)cc1. The minimum atomic E-state index is -0.347. The number of carbonyl (C=O) groups is 2. The van der Waals surface area contributed by atoms with Crippen molar-refractivity contribution in [1.29, 1.82) is 0 Å². The fourth-order valence-corrected chi connectivity index (χ4v) is 4.21. The number of hydrogen-bond donors (Lipinski definition) is 2. The highest BCUT2D eigenvalue weighted by molar-refractivity contribution is 5.92. The standard InChI is InChI=1S/C26H29N5O3/c1-19(32)27-22-7-9-23(10-8-22)28-25(33)18-31-26(34)12-11-24(29-31)30-15-13-21(14-16-30)17-20-5-3-2-4-6-20/h2-12,21H,13-18H2,1H3,(H,27,32)(H,28,33). The predicted octanol–water partition coefficient (Wildman–Crippen LogP) is 3.30. The van der Waals surface area contributed by atoms with E-state index >= 15 is 0 Å². The molecule has 1 aliphatic heterocycles. The Morgan fingerprint density at radius 2 is 1.56 bits per heavy atom. The number of nitrogens with one attached hydrogen (secondary N) is 2. The van der Waals surface area contributed by atoms with Crippen LogP contribution < -0.4 is 21.1 Å². The van der Waals surface area contributed by atoms with E-state index < -0.39 is 0 Å². The lowest BCUT2D eigenvalue weighted by Crippen LogP contribution is -2.37. The molecule has 176 valence electrons. The normalized spacial score (nSPS) is 14.0. The fourth-order valence-electron chi connectivity index (χ4n) is 4.21. The molecule has 1 fully saturated rings. The van der Waals surface area contributed by atoms with E-state index in [-0.39, 0.29) is 23.9 Å². The maximum atomic E-state index is 12.5. The van der Waals surface area contributed by atoms with Crippen molar-refractivity contribution in [2.24, 2.45) is 5.92 Å². The molecular formula is C26H29N5O3. The highest BCUT2D eigenvalue weighted by Gasteiger charge is 2.21. The summed E-state index contributed by atoms with van der Waals surface area (Å²) in [6.07, 6.45) is 3.20. The molecule has 0 radical (unpaired) electrons. The Hall–Kier alpha value is -3.94. The molecule has 0 atom stereocenters. The molecule has 0 aliphatic carbocycles. The zero-order valence-corrected chi connectivity index (χ0v) is 19.2. The van der Waals surface area contributed by atoms with Crippen molar-refractivity contribution < 1.29 is 9.59 Å². The number of carbonyl (C=O) groups excluding carboxylic acids is 2. The Kier molecular flexibility index (Phi) is 7.37. The second-order valence-corrected chi connectivity index (χ2v) is 8.61. The zero-order valence-electron chi connectivity index (χ0n) is 19.2. The van der Waals surface area contributed by atoms with Crippen LogP contribution in [0.3, 0.4) is 0 Å². The molecule has 1 aromatic heterocycles. The van der Waals surface area contributed by atoms with Crippen molar-refractivity contribution in [2.75, 3.05) is 28.6 Å². The smallest absolute Gasteiger partial charge is 0.267 e. The topological polar surface area (TPSA) is 96.3 Å². The van der Waals surface area contributed by atoms with Crippen LogP contribution in [-0.4, -0.2) is 34.7 Å². The molecular weight excluding hydrogens is 430 g/mol. The van der Waals surface area contributed by atoms with Crippen LogP contribution in [0, 0.1) is 5.92 Å². The summed E-state index contributed by atoms with van der Waals surface area (Å²) in [7, 11) is 0. The van der Waals surface area contributed by atoms with Gasteiger partial charge in [0.2, 0.25) is 11.8 Å². The quantitative estimate of drug-likeness (QED) is 0.565. The van der Waals surface area contributed by atoms with E-state index in [9.17, 15) is 14.4 Å². The fraction of sp³-hybridized carbons (Fsp3) is 0.308. The average molecular weight is 460 g/mol. The van der Waals surface area contributed by atoms with Crippen molar-refractivity contribution in [3.63, 3.8) is 0 Å². The van der Waals surface area contributed by atoms with Gasteiger partial charge in [0.15, 0.2) is 0 Å². The molecule has 3 aromatic rings. The summed E-state index contributed by atoms with van der Waals surface area (Å²) in [4.78, 5) is 38.1. The van der Waals surface area contributed by atoms with Gasteiger partial charge in [-0.05, 0) is 61.1 Å². The second-order valence-electron chi connectivity index (χ2n) is 8.61. The summed E-state index contributed by atoms with van der Waals surface area (Å²) in [5.41, 5.74) is 2.26. The van der Waals surface area contributed by atoms with E-state index in [1.807, 2.05) is 6.07 Å². The first-order valence-corrected chi connectivity index (χ1v) is 11.5. The number of aromatic nitrogens is 2. The lowest BCUT2D eigenvalue weighted by Gasteiger charge is -2.33. The molecule has 2 aromatic carbocycles. The number of rotatable bonds is 7. The summed E-state index contributed by atoms with van der Waals surface area (Å²) >= 11 is 0. The number of hydrogen-bond acceptors (Lipinski definition) is 5. The van der Waals surface area contributed by atoms with E-state index in [1.165, 1.54) is 23.2 Å². The van der Waals surface area contributed by atoms with Gasteiger partial charge in [0.05, 0.1) is 0 Å². The zero-order chi connectivity index (χ0) is 23.9. The first-order chi connectivity index (χ1) is 16.5. The van der Waals surface area contributed by atoms with E-state index in [0.717, 1.165) is 32.4 Å². The Bertz CT molecular complexity index is 1180. The Morgan fingerprint density at radius 1 is 0.912 bits per heavy atom. The largest absolute Gasteiger partial charge is 0.355 e. The van der Waals surface area contributed by atoms with Gasteiger partial charge in [0.25, 0.3) is 5.56 Å². The van der Waals surface area contributed by atoms with Gasteiger partial charge in [-0.15, -0.1) is 0 Å². The Labute approximate surface area is 198 Å². The van der Waals surface area contributed by atoms with Gasteiger partial charge in [0.1, 0.15) is 12.4 Å². The molecule has 8 heteroatoms. The molecule has 2 heterocycles. The highest BCUT2D eigenvalue weighted by atomic mass is 16.2. The van der Waals surface area contributed by atoms with Crippen LogP contribution in [0.2, 0.25) is 0 Å². The van der Waals surface area contributed by atoms with E-state index in [4.69, 9.17) is 0 Å². The van der Waals surface area contributed by atoms with E-state index in [1.54, 1.807) is 30.3 Å². The van der Waals surface area contributed by atoms with Gasteiger partial charge < -0.3 is 15.5 Å². The molecule has 0 saturated carbocycles. The van der Waals surface area contributed by atoms with Crippen LogP contribution in [0.15, 0.2) is 71.5 Å². The summed E-state index contributed by atoms with van der Waals surface area (Å²) in [5, 5.41) is 9.89. The third-order valence-electron chi connectivity index (χ3n) is 5.94. The lowest BCUT2D eigenvalue weighted by atomic mass is 9.90. The molecule has 2 amide bonds. The van der Waals surface area contributed by atoms with Crippen molar-refractivity contribution in [2.45, 2.75) is 32.7 Å². The molecule has 8 nitrogen and oxygen atoms in total. The predicted molar refractivity (Wildman–Crippen MR) is 133 cm³/mol. The van der Waals surface area contributed by atoms with Crippen LogP contribution in [-0.2, 0) is 22.6 Å². The van der Waals surface area contributed by atoms with Crippen LogP contribution >= 0.6 is 0 Å². The molecule has 4 rings (SSSR count). The third kappa shape index (κ3) is 6.31. The van der Waals surface area contributed by atoms with Gasteiger partial charge in [-0.25, -0.2) is 4.68 Å². The molecule has 0 spiro atoms. The summed E-state index contributed by atoms with van der Waals surface area (Å²) in [6.45, 7) is 3.00. The van der Waals surface area contributed by atoms with Crippen LogP contribution in [0.1, 0.15) is 25.3 Å². The monoisotopic (exact) mass is 459 g/mol. The number of anilines is 3. The van der Waals surface area contributed by atoms with Crippen molar-refractivity contribution in [1.82, 2.24) is 9.78 Å². The maximum Gasteiger partial charge on any atom is 0.267 e.